The molecule has 110 valence electrons. The SMILES string of the molecule is CCOC(=O)c1c(OCOC)cc(OC)cc1C(=O)O. The Labute approximate surface area is 116 Å². The first-order valence-corrected chi connectivity index (χ1v) is 5.79. The summed E-state index contributed by atoms with van der Waals surface area (Å²) in [5, 5.41) is 9.20. The maximum absolute atomic E-state index is 11.9. The molecule has 0 spiro atoms. The van der Waals surface area contributed by atoms with Crippen molar-refractivity contribution in [2.45, 2.75) is 6.92 Å². The van der Waals surface area contributed by atoms with Gasteiger partial charge in [-0.2, -0.15) is 0 Å². The summed E-state index contributed by atoms with van der Waals surface area (Å²) in [6.45, 7) is 1.60. The third-order valence-electron chi connectivity index (χ3n) is 2.35. The number of rotatable bonds is 7. The average Bonchev–Trinajstić information content (AvgIpc) is 2.43. The highest BCUT2D eigenvalue weighted by atomic mass is 16.7. The van der Waals surface area contributed by atoms with Gasteiger partial charge in [0.05, 0.1) is 19.3 Å². The fraction of sp³-hybridized carbons (Fsp3) is 0.385. The zero-order valence-electron chi connectivity index (χ0n) is 11.5. The Kier molecular flexibility index (Phi) is 5.79. The number of methoxy groups -OCH3 is 2. The van der Waals surface area contributed by atoms with Crippen molar-refractivity contribution in [1.29, 1.82) is 0 Å². The summed E-state index contributed by atoms with van der Waals surface area (Å²) in [5.41, 5.74) is -0.425. The molecule has 0 fully saturated rings. The molecular weight excluding hydrogens is 268 g/mol. The zero-order chi connectivity index (χ0) is 15.1. The summed E-state index contributed by atoms with van der Waals surface area (Å²) in [6, 6.07) is 2.63. The number of carbonyl (C=O) groups is 2. The second-order valence-electron chi connectivity index (χ2n) is 3.62. The molecule has 1 aromatic rings. The highest BCUT2D eigenvalue weighted by molar-refractivity contribution is 6.05. The lowest BCUT2D eigenvalue weighted by atomic mass is 10.1. The van der Waals surface area contributed by atoms with Crippen molar-refractivity contribution in [2.75, 3.05) is 27.6 Å². The maximum Gasteiger partial charge on any atom is 0.342 e. The number of esters is 1. The van der Waals surface area contributed by atoms with E-state index in [-0.39, 0.29) is 36.0 Å². The number of aromatic carboxylic acids is 1. The molecule has 0 saturated carbocycles. The standard InChI is InChI=1S/C13H16O7/c1-4-19-13(16)11-9(12(14)15)5-8(18-3)6-10(11)20-7-17-2/h5-6H,4,7H2,1-3H3,(H,14,15). The molecule has 0 unspecified atom stereocenters. The van der Waals surface area contributed by atoms with Gasteiger partial charge in [-0.1, -0.05) is 0 Å². The van der Waals surface area contributed by atoms with E-state index < -0.39 is 11.9 Å². The molecule has 0 aromatic heterocycles. The first-order chi connectivity index (χ1) is 9.54. The smallest absolute Gasteiger partial charge is 0.342 e. The van der Waals surface area contributed by atoms with Gasteiger partial charge in [-0.05, 0) is 13.0 Å². The summed E-state index contributed by atoms with van der Waals surface area (Å²) in [5.74, 6) is -1.78. The highest BCUT2D eigenvalue weighted by Crippen LogP contribution is 2.30. The Morgan fingerprint density at radius 3 is 2.45 bits per heavy atom. The number of carboxylic acids is 1. The second kappa shape index (κ2) is 7.34. The van der Waals surface area contributed by atoms with E-state index in [0.29, 0.717) is 0 Å². The summed E-state index contributed by atoms with van der Waals surface area (Å²) in [4.78, 5) is 23.2. The number of benzene rings is 1. The monoisotopic (exact) mass is 284 g/mol. The molecule has 0 bridgehead atoms. The van der Waals surface area contributed by atoms with Crippen molar-refractivity contribution in [3.8, 4) is 11.5 Å². The molecule has 20 heavy (non-hydrogen) atoms. The van der Waals surface area contributed by atoms with Crippen LogP contribution in [0.2, 0.25) is 0 Å². The van der Waals surface area contributed by atoms with Crippen molar-refractivity contribution in [3.63, 3.8) is 0 Å². The van der Waals surface area contributed by atoms with Crippen LogP contribution in [0, 0.1) is 0 Å². The van der Waals surface area contributed by atoms with E-state index in [9.17, 15) is 14.7 Å². The van der Waals surface area contributed by atoms with Gasteiger partial charge in [0.25, 0.3) is 0 Å². The Balaban J connectivity index is 3.38. The largest absolute Gasteiger partial charge is 0.497 e. The summed E-state index contributed by atoms with van der Waals surface area (Å²) >= 11 is 0. The lowest BCUT2D eigenvalue weighted by Gasteiger charge is -2.14. The summed E-state index contributed by atoms with van der Waals surface area (Å²) in [7, 11) is 2.79. The second-order valence-corrected chi connectivity index (χ2v) is 3.62. The fourth-order valence-electron chi connectivity index (χ4n) is 1.53. The first-order valence-electron chi connectivity index (χ1n) is 5.79. The minimum absolute atomic E-state index is 0.0297. The van der Waals surface area contributed by atoms with Crippen LogP contribution in [0.3, 0.4) is 0 Å². The van der Waals surface area contributed by atoms with Gasteiger partial charge in [0.2, 0.25) is 0 Å². The van der Waals surface area contributed by atoms with Gasteiger partial charge >= 0.3 is 11.9 Å². The molecule has 0 radical (unpaired) electrons. The molecule has 7 nitrogen and oxygen atoms in total. The normalized spacial score (nSPS) is 9.95. The van der Waals surface area contributed by atoms with E-state index in [4.69, 9.17) is 18.9 Å². The molecule has 0 atom stereocenters. The topological polar surface area (TPSA) is 91.3 Å². The van der Waals surface area contributed by atoms with Gasteiger partial charge in [-0.15, -0.1) is 0 Å². The van der Waals surface area contributed by atoms with Crippen molar-refractivity contribution in [2.24, 2.45) is 0 Å². The van der Waals surface area contributed by atoms with Gasteiger partial charge < -0.3 is 24.1 Å². The van der Waals surface area contributed by atoms with Gasteiger partial charge in [0.1, 0.15) is 17.1 Å². The zero-order valence-corrected chi connectivity index (χ0v) is 11.5. The molecule has 7 heteroatoms. The quantitative estimate of drug-likeness (QED) is 0.600. The molecule has 0 aliphatic heterocycles. The average molecular weight is 284 g/mol. The van der Waals surface area contributed by atoms with E-state index in [1.807, 2.05) is 0 Å². The van der Waals surface area contributed by atoms with Crippen LogP contribution in [0.25, 0.3) is 0 Å². The molecule has 1 N–H and O–H groups in total. The Morgan fingerprint density at radius 2 is 1.95 bits per heavy atom. The van der Waals surface area contributed by atoms with Crippen LogP contribution in [-0.2, 0) is 9.47 Å². The molecule has 0 heterocycles. The van der Waals surface area contributed by atoms with E-state index in [0.717, 1.165) is 0 Å². The third kappa shape index (κ3) is 3.61. The maximum atomic E-state index is 11.9. The van der Waals surface area contributed by atoms with Gasteiger partial charge in [-0.3, -0.25) is 0 Å². The molecule has 0 amide bonds. The predicted octanol–water partition coefficient (Wildman–Crippen LogP) is 1.55. The number of carbonyl (C=O) groups excluding carboxylic acids is 1. The number of hydrogen-bond donors (Lipinski definition) is 1. The van der Waals surface area contributed by atoms with Crippen LogP contribution in [-0.4, -0.2) is 44.7 Å². The lowest BCUT2D eigenvalue weighted by molar-refractivity contribution is 0.0427. The Hall–Kier alpha value is -2.28. The van der Waals surface area contributed by atoms with E-state index in [2.05, 4.69) is 0 Å². The predicted molar refractivity (Wildman–Crippen MR) is 68.4 cm³/mol. The molecule has 0 aliphatic rings. The molecule has 0 saturated heterocycles. The number of carboxylic acid groups (broad SMARTS) is 1. The van der Waals surface area contributed by atoms with Crippen LogP contribution in [0.5, 0.6) is 11.5 Å². The molecule has 0 aliphatic carbocycles. The van der Waals surface area contributed by atoms with Crippen LogP contribution < -0.4 is 9.47 Å². The van der Waals surface area contributed by atoms with E-state index in [1.54, 1.807) is 6.92 Å². The summed E-state index contributed by atoms with van der Waals surface area (Å²) in [6.07, 6.45) is 0. The van der Waals surface area contributed by atoms with Crippen molar-refractivity contribution >= 4 is 11.9 Å². The van der Waals surface area contributed by atoms with Crippen LogP contribution in [0.4, 0.5) is 0 Å². The van der Waals surface area contributed by atoms with Crippen molar-refractivity contribution < 1.29 is 33.6 Å². The number of hydrogen-bond acceptors (Lipinski definition) is 6. The molecule has 1 aromatic carbocycles. The van der Waals surface area contributed by atoms with Crippen molar-refractivity contribution in [1.82, 2.24) is 0 Å². The Bertz CT molecular complexity index is 496. The van der Waals surface area contributed by atoms with Crippen molar-refractivity contribution in [3.05, 3.63) is 23.3 Å². The molecular formula is C13H16O7. The van der Waals surface area contributed by atoms with Crippen LogP contribution in [0.15, 0.2) is 12.1 Å². The lowest BCUT2D eigenvalue weighted by Crippen LogP contribution is -2.15. The minimum atomic E-state index is -1.28. The van der Waals surface area contributed by atoms with Crippen LogP contribution in [0.1, 0.15) is 27.6 Å². The van der Waals surface area contributed by atoms with Crippen LogP contribution >= 0.6 is 0 Å². The molecule has 1 rings (SSSR count). The highest BCUT2D eigenvalue weighted by Gasteiger charge is 2.24. The van der Waals surface area contributed by atoms with Gasteiger partial charge in [-0.25, -0.2) is 9.59 Å². The van der Waals surface area contributed by atoms with E-state index in [1.165, 1.54) is 26.4 Å². The van der Waals surface area contributed by atoms with E-state index >= 15 is 0 Å². The third-order valence-corrected chi connectivity index (χ3v) is 2.35. The van der Waals surface area contributed by atoms with Gasteiger partial charge in [0.15, 0.2) is 6.79 Å². The Morgan fingerprint density at radius 1 is 1.25 bits per heavy atom. The minimum Gasteiger partial charge on any atom is -0.497 e. The fourth-order valence-corrected chi connectivity index (χ4v) is 1.53. The first kappa shape index (κ1) is 15.8. The summed E-state index contributed by atoms with van der Waals surface area (Å²) < 4.78 is 19.8. The number of ether oxygens (including phenoxy) is 4. The van der Waals surface area contributed by atoms with Gasteiger partial charge in [0, 0.05) is 13.2 Å².